The highest BCUT2D eigenvalue weighted by Crippen LogP contribution is 2.28. The van der Waals surface area contributed by atoms with Crippen molar-refractivity contribution in [1.82, 2.24) is 5.32 Å². The second-order valence-electron chi connectivity index (χ2n) is 7.09. The molecule has 2 aromatic carbocycles. The van der Waals surface area contributed by atoms with Crippen LogP contribution in [-0.2, 0) is 22.7 Å². The number of hydrogen-bond acceptors (Lipinski definition) is 3. The van der Waals surface area contributed by atoms with Gasteiger partial charge in [0, 0.05) is 6.54 Å². The Morgan fingerprint density at radius 3 is 2.52 bits per heavy atom. The summed E-state index contributed by atoms with van der Waals surface area (Å²) in [7, 11) is 0. The van der Waals surface area contributed by atoms with Crippen LogP contribution < -0.4 is 10.1 Å². The summed E-state index contributed by atoms with van der Waals surface area (Å²) in [6.07, 6.45) is 1.23. The number of rotatable bonds is 10. The SMILES string of the molecule is CCC(C)c1ccccc1OCC(=O)NCc1cccc(COC(C)C)c1. The van der Waals surface area contributed by atoms with Crippen molar-refractivity contribution in [2.24, 2.45) is 0 Å². The van der Waals surface area contributed by atoms with Gasteiger partial charge in [0.1, 0.15) is 5.75 Å². The molecule has 0 aliphatic rings. The van der Waals surface area contributed by atoms with Crippen LogP contribution >= 0.6 is 0 Å². The smallest absolute Gasteiger partial charge is 0.258 e. The van der Waals surface area contributed by atoms with E-state index < -0.39 is 0 Å². The van der Waals surface area contributed by atoms with E-state index in [1.54, 1.807) is 0 Å². The predicted molar refractivity (Wildman–Crippen MR) is 109 cm³/mol. The van der Waals surface area contributed by atoms with Gasteiger partial charge in [-0.1, -0.05) is 56.3 Å². The largest absolute Gasteiger partial charge is 0.483 e. The molecule has 1 atom stereocenters. The lowest BCUT2D eigenvalue weighted by Gasteiger charge is -2.15. The number of carbonyl (C=O) groups is 1. The van der Waals surface area contributed by atoms with Crippen molar-refractivity contribution in [3.63, 3.8) is 0 Å². The summed E-state index contributed by atoms with van der Waals surface area (Å²) in [4.78, 5) is 12.2. The molecule has 0 radical (unpaired) electrons. The van der Waals surface area contributed by atoms with Gasteiger partial charge in [-0.25, -0.2) is 0 Å². The van der Waals surface area contributed by atoms with Crippen LogP contribution in [0.3, 0.4) is 0 Å². The number of para-hydroxylation sites is 1. The van der Waals surface area contributed by atoms with Crippen LogP contribution in [-0.4, -0.2) is 18.6 Å². The standard InChI is InChI=1S/C23H31NO3/c1-5-18(4)21-11-6-7-12-22(21)27-16-23(25)24-14-19-9-8-10-20(13-19)15-26-17(2)3/h6-13,17-18H,5,14-16H2,1-4H3,(H,24,25). The molecule has 0 spiro atoms. The first-order valence-electron chi connectivity index (χ1n) is 9.67. The molecule has 0 bridgehead atoms. The van der Waals surface area contributed by atoms with Gasteiger partial charge in [-0.3, -0.25) is 4.79 Å². The van der Waals surface area contributed by atoms with E-state index in [1.807, 2.05) is 50.2 Å². The summed E-state index contributed by atoms with van der Waals surface area (Å²) in [6.45, 7) is 9.42. The number of hydrogen-bond donors (Lipinski definition) is 1. The van der Waals surface area contributed by atoms with E-state index in [1.165, 1.54) is 0 Å². The Bertz CT molecular complexity index is 727. The molecule has 0 fully saturated rings. The van der Waals surface area contributed by atoms with Gasteiger partial charge in [0.15, 0.2) is 6.61 Å². The zero-order chi connectivity index (χ0) is 19.6. The molecule has 1 unspecified atom stereocenters. The molecule has 1 amide bonds. The van der Waals surface area contributed by atoms with E-state index in [-0.39, 0.29) is 18.6 Å². The topological polar surface area (TPSA) is 47.6 Å². The fourth-order valence-electron chi connectivity index (χ4n) is 2.73. The van der Waals surface area contributed by atoms with Crippen molar-refractivity contribution in [2.45, 2.75) is 59.3 Å². The zero-order valence-corrected chi connectivity index (χ0v) is 16.8. The summed E-state index contributed by atoms with van der Waals surface area (Å²) in [5.74, 6) is 1.06. The van der Waals surface area contributed by atoms with Crippen LogP contribution in [0.1, 0.15) is 56.7 Å². The Morgan fingerprint density at radius 2 is 1.78 bits per heavy atom. The maximum absolute atomic E-state index is 12.2. The highest BCUT2D eigenvalue weighted by atomic mass is 16.5. The van der Waals surface area contributed by atoms with Gasteiger partial charge in [0.05, 0.1) is 12.7 Å². The van der Waals surface area contributed by atoms with Crippen molar-refractivity contribution in [3.8, 4) is 5.75 Å². The Kier molecular flexibility index (Phi) is 8.34. The van der Waals surface area contributed by atoms with Gasteiger partial charge in [0.2, 0.25) is 0 Å². The zero-order valence-electron chi connectivity index (χ0n) is 16.8. The van der Waals surface area contributed by atoms with Crippen LogP contribution in [0, 0.1) is 0 Å². The van der Waals surface area contributed by atoms with E-state index in [2.05, 4.69) is 31.3 Å². The number of ether oxygens (including phenoxy) is 2. The number of nitrogens with one attached hydrogen (secondary N) is 1. The second-order valence-corrected chi connectivity index (χ2v) is 7.09. The third kappa shape index (κ3) is 7.06. The van der Waals surface area contributed by atoms with Gasteiger partial charge in [-0.05, 0) is 48.9 Å². The summed E-state index contributed by atoms with van der Waals surface area (Å²) < 4.78 is 11.4. The van der Waals surface area contributed by atoms with Crippen LogP contribution in [0.2, 0.25) is 0 Å². The maximum atomic E-state index is 12.2. The molecule has 0 aromatic heterocycles. The average Bonchev–Trinajstić information content (AvgIpc) is 2.69. The number of carbonyl (C=O) groups excluding carboxylic acids is 1. The molecule has 4 nitrogen and oxygen atoms in total. The average molecular weight is 370 g/mol. The predicted octanol–water partition coefficient (Wildman–Crippen LogP) is 4.82. The molecule has 4 heteroatoms. The minimum Gasteiger partial charge on any atom is -0.483 e. The Hall–Kier alpha value is -2.33. The first-order chi connectivity index (χ1) is 13.0. The highest BCUT2D eigenvalue weighted by Gasteiger charge is 2.11. The van der Waals surface area contributed by atoms with Crippen LogP contribution in [0.15, 0.2) is 48.5 Å². The molecule has 0 saturated heterocycles. The van der Waals surface area contributed by atoms with Gasteiger partial charge in [0.25, 0.3) is 5.91 Å². The van der Waals surface area contributed by atoms with Gasteiger partial charge in [-0.2, -0.15) is 0 Å². The molecular formula is C23H31NO3. The molecule has 0 heterocycles. The summed E-state index contributed by atoms with van der Waals surface area (Å²) in [5, 5.41) is 2.92. The van der Waals surface area contributed by atoms with E-state index >= 15 is 0 Å². The molecular weight excluding hydrogens is 338 g/mol. The molecule has 27 heavy (non-hydrogen) atoms. The molecule has 0 aliphatic heterocycles. The number of benzene rings is 2. The van der Waals surface area contributed by atoms with Crippen LogP contribution in [0.4, 0.5) is 0 Å². The Labute approximate surface area is 162 Å². The lowest BCUT2D eigenvalue weighted by atomic mass is 9.98. The molecule has 2 rings (SSSR count). The van der Waals surface area contributed by atoms with Crippen molar-refractivity contribution >= 4 is 5.91 Å². The fourth-order valence-corrected chi connectivity index (χ4v) is 2.73. The van der Waals surface area contributed by atoms with Crippen molar-refractivity contribution in [1.29, 1.82) is 0 Å². The molecule has 1 N–H and O–H groups in total. The summed E-state index contributed by atoms with van der Waals surface area (Å²) in [6, 6.07) is 16.0. The molecule has 146 valence electrons. The number of amides is 1. The minimum atomic E-state index is -0.127. The van der Waals surface area contributed by atoms with E-state index in [0.717, 1.165) is 28.9 Å². The van der Waals surface area contributed by atoms with Crippen molar-refractivity contribution in [3.05, 3.63) is 65.2 Å². The van der Waals surface area contributed by atoms with E-state index in [9.17, 15) is 4.79 Å². The molecule has 0 saturated carbocycles. The van der Waals surface area contributed by atoms with Gasteiger partial charge in [-0.15, -0.1) is 0 Å². The fraction of sp³-hybridized carbons (Fsp3) is 0.435. The van der Waals surface area contributed by atoms with Crippen molar-refractivity contribution < 1.29 is 14.3 Å². The van der Waals surface area contributed by atoms with E-state index in [4.69, 9.17) is 9.47 Å². The van der Waals surface area contributed by atoms with Crippen LogP contribution in [0.25, 0.3) is 0 Å². The van der Waals surface area contributed by atoms with Crippen LogP contribution in [0.5, 0.6) is 5.75 Å². The lowest BCUT2D eigenvalue weighted by Crippen LogP contribution is -2.28. The van der Waals surface area contributed by atoms with E-state index in [0.29, 0.717) is 19.1 Å². The first-order valence-corrected chi connectivity index (χ1v) is 9.67. The maximum Gasteiger partial charge on any atom is 0.258 e. The lowest BCUT2D eigenvalue weighted by molar-refractivity contribution is -0.123. The third-order valence-corrected chi connectivity index (χ3v) is 4.49. The first kappa shape index (κ1) is 21.0. The Balaban J connectivity index is 1.84. The third-order valence-electron chi connectivity index (χ3n) is 4.49. The van der Waals surface area contributed by atoms with Crippen molar-refractivity contribution in [2.75, 3.05) is 6.61 Å². The molecule has 2 aromatic rings. The monoisotopic (exact) mass is 369 g/mol. The van der Waals surface area contributed by atoms with Gasteiger partial charge >= 0.3 is 0 Å². The normalized spacial score (nSPS) is 12.0. The summed E-state index contributed by atoms with van der Waals surface area (Å²) in [5.41, 5.74) is 3.30. The highest BCUT2D eigenvalue weighted by molar-refractivity contribution is 5.77. The second kappa shape index (κ2) is 10.7. The Morgan fingerprint density at radius 1 is 1.04 bits per heavy atom. The summed E-state index contributed by atoms with van der Waals surface area (Å²) >= 11 is 0. The molecule has 0 aliphatic carbocycles. The quantitative estimate of drug-likeness (QED) is 0.653. The van der Waals surface area contributed by atoms with Gasteiger partial charge < -0.3 is 14.8 Å². The minimum absolute atomic E-state index is 0.0175.